The van der Waals surface area contributed by atoms with Crippen LogP contribution in [0.4, 0.5) is 0 Å². The van der Waals surface area contributed by atoms with Crippen LogP contribution in [-0.4, -0.2) is 43.6 Å². The number of methoxy groups -OCH3 is 2. The van der Waals surface area contributed by atoms with Crippen LogP contribution in [0.15, 0.2) is 35.3 Å². The Kier molecular flexibility index (Phi) is 6.19. The molecule has 0 spiro atoms. The summed E-state index contributed by atoms with van der Waals surface area (Å²) in [5, 5.41) is 0. The molecule has 6 nitrogen and oxygen atoms in total. The summed E-state index contributed by atoms with van der Waals surface area (Å²) in [5.74, 6) is 1.87. The first-order valence-corrected chi connectivity index (χ1v) is 11.6. The minimum absolute atomic E-state index is 0.272. The van der Waals surface area contributed by atoms with Crippen LogP contribution in [-0.2, 0) is 22.4 Å². The van der Waals surface area contributed by atoms with Crippen LogP contribution < -0.4 is 14.2 Å². The number of nitrogens with zero attached hydrogens (tertiary/aromatic N) is 1. The number of hydrogen-bond donors (Lipinski definition) is 0. The summed E-state index contributed by atoms with van der Waals surface area (Å²) in [6.07, 6.45) is 4.67. The van der Waals surface area contributed by atoms with Crippen molar-refractivity contribution >= 4 is 17.8 Å². The van der Waals surface area contributed by atoms with Crippen LogP contribution in [0.25, 0.3) is 6.08 Å². The molecule has 180 valence electrons. The van der Waals surface area contributed by atoms with E-state index in [4.69, 9.17) is 23.9 Å². The van der Waals surface area contributed by atoms with Gasteiger partial charge in [-0.2, -0.15) is 0 Å². The van der Waals surface area contributed by atoms with Crippen molar-refractivity contribution in [2.45, 2.75) is 58.6 Å². The van der Waals surface area contributed by atoms with Gasteiger partial charge in [0.15, 0.2) is 11.5 Å². The van der Waals surface area contributed by atoms with Crippen LogP contribution in [0, 0.1) is 0 Å². The molecular weight excluding hydrogens is 430 g/mol. The fourth-order valence-electron chi connectivity index (χ4n) is 4.76. The molecule has 0 fully saturated rings. The second kappa shape index (κ2) is 8.82. The summed E-state index contributed by atoms with van der Waals surface area (Å²) in [4.78, 5) is 16.7. The summed E-state index contributed by atoms with van der Waals surface area (Å²) in [5.41, 5.74) is 5.57. The molecule has 0 unspecified atom stereocenters. The summed E-state index contributed by atoms with van der Waals surface area (Å²) < 4.78 is 22.7. The lowest BCUT2D eigenvalue weighted by atomic mass is 9.81. The number of rotatable bonds is 6. The van der Waals surface area contributed by atoms with E-state index in [1.165, 1.54) is 18.7 Å². The van der Waals surface area contributed by atoms with Crippen molar-refractivity contribution in [1.29, 1.82) is 0 Å². The highest BCUT2D eigenvalue weighted by molar-refractivity contribution is 6.16. The molecule has 0 bridgehead atoms. The molecule has 6 heteroatoms. The Bertz CT molecular complexity index is 1190. The van der Waals surface area contributed by atoms with Crippen LogP contribution >= 0.6 is 0 Å². The Morgan fingerprint density at radius 3 is 2.56 bits per heavy atom. The minimum atomic E-state index is -0.415. The van der Waals surface area contributed by atoms with Gasteiger partial charge in [0.1, 0.15) is 11.4 Å². The van der Waals surface area contributed by atoms with Crippen molar-refractivity contribution in [1.82, 2.24) is 0 Å². The number of aliphatic imine (C=N–C) groups is 1. The van der Waals surface area contributed by atoms with E-state index in [-0.39, 0.29) is 11.1 Å². The van der Waals surface area contributed by atoms with E-state index in [1.807, 2.05) is 25.1 Å². The van der Waals surface area contributed by atoms with Gasteiger partial charge in [-0.05, 0) is 64.8 Å². The van der Waals surface area contributed by atoms with E-state index in [2.05, 4.69) is 33.8 Å². The zero-order valence-corrected chi connectivity index (χ0v) is 21.1. The molecule has 2 aromatic rings. The third-order valence-electron chi connectivity index (χ3n) is 6.09. The molecule has 0 N–H and O–H groups in total. The lowest BCUT2D eigenvalue weighted by Gasteiger charge is -2.31. The Hall–Kier alpha value is -3.28. The fraction of sp³-hybridized carbons (Fsp3) is 0.429. The summed E-state index contributed by atoms with van der Waals surface area (Å²) >= 11 is 0. The SMILES string of the molecule is CCOc1cc2c(c3c1OC(C)(C)C3)C(c1ccc(/C=C/C(=O)OC)c(OC)c1)=NC(C)(C)C2. The predicted molar refractivity (Wildman–Crippen MR) is 133 cm³/mol. The highest BCUT2D eigenvalue weighted by Gasteiger charge is 2.39. The Labute approximate surface area is 201 Å². The van der Waals surface area contributed by atoms with Crippen molar-refractivity contribution < 1.29 is 23.7 Å². The van der Waals surface area contributed by atoms with Crippen molar-refractivity contribution in [2.24, 2.45) is 4.99 Å². The lowest BCUT2D eigenvalue weighted by molar-refractivity contribution is -0.134. The van der Waals surface area contributed by atoms with Gasteiger partial charge >= 0.3 is 5.97 Å². The van der Waals surface area contributed by atoms with Gasteiger partial charge in [-0.25, -0.2) is 4.79 Å². The Morgan fingerprint density at radius 2 is 1.88 bits per heavy atom. The third kappa shape index (κ3) is 4.54. The summed E-state index contributed by atoms with van der Waals surface area (Å²) in [6, 6.07) is 8.06. The maximum absolute atomic E-state index is 11.6. The number of benzene rings is 2. The number of fused-ring (bicyclic) bond motifs is 3. The molecule has 2 aliphatic heterocycles. The maximum Gasteiger partial charge on any atom is 0.330 e. The average molecular weight is 464 g/mol. The zero-order chi connectivity index (χ0) is 24.7. The van der Waals surface area contributed by atoms with Gasteiger partial charge in [0.25, 0.3) is 0 Å². The van der Waals surface area contributed by atoms with Crippen molar-refractivity contribution in [3.8, 4) is 17.2 Å². The largest absolute Gasteiger partial charge is 0.496 e. The molecule has 0 saturated carbocycles. The first kappa shape index (κ1) is 23.9. The first-order chi connectivity index (χ1) is 16.1. The quantitative estimate of drug-likeness (QED) is 0.437. The van der Waals surface area contributed by atoms with Gasteiger partial charge in [0, 0.05) is 34.8 Å². The van der Waals surface area contributed by atoms with E-state index in [1.54, 1.807) is 13.2 Å². The minimum Gasteiger partial charge on any atom is -0.496 e. The number of hydrogen-bond acceptors (Lipinski definition) is 6. The topological polar surface area (TPSA) is 66.4 Å². The molecule has 2 aliphatic rings. The molecule has 0 aromatic heterocycles. The molecule has 34 heavy (non-hydrogen) atoms. The first-order valence-electron chi connectivity index (χ1n) is 11.6. The number of carbonyl (C=O) groups excluding carboxylic acids is 1. The van der Waals surface area contributed by atoms with Crippen LogP contribution in [0.1, 0.15) is 62.4 Å². The lowest BCUT2D eigenvalue weighted by Crippen LogP contribution is -2.30. The Balaban J connectivity index is 1.88. The summed E-state index contributed by atoms with van der Waals surface area (Å²) in [7, 11) is 2.98. The average Bonchev–Trinajstić information content (AvgIpc) is 3.11. The van der Waals surface area contributed by atoms with Gasteiger partial charge in [-0.15, -0.1) is 0 Å². The molecular formula is C28H33NO5. The van der Waals surface area contributed by atoms with Crippen LogP contribution in [0.5, 0.6) is 17.2 Å². The molecule has 2 aromatic carbocycles. The zero-order valence-electron chi connectivity index (χ0n) is 21.1. The number of esters is 1. The molecule has 2 heterocycles. The standard InChI is InChI=1S/C28H33NO5/c1-8-33-22-14-19-15-27(2,3)29-25(24(19)20-16-28(4,5)34-26(20)22)18-10-9-17(21(13-18)31-6)11-12-23(30)32-7/h9-14H,8,15-16H2,1-7H3/b12-11+. The van der Waals surface area contributed by atoms with Gasteiger partial charge in [-0.1, -0.05) is 12.1 Å². The second-order valence-corrected chi connectivity index (χ2v) is 9.95. The third-order valence-corrected chi connectivity index (χ3v) is 6.09. The number of ether oxygens (including phenoxy) is 4. The van der Waals surface area contributed by atoms with E-state index < -0.39 is 5.97 Å². The highest BCUT2D eigenvalue weighted by atomic mass is 16.5. The van der Waals surface area contributed by atoms with Gasteiger partial charge < -0.3 is 18.9 Å². The second-order valence-electron chi connectivity index (χ2n) is 9.95. The maximum atomic E-state index is 11.6. The van der Waals surface area contributed by atoms with Crippen LogP contribution in [0.2, 0.25) is 0 Å². The van der Waals surface area contributed by atoms with E-state index >= 15 is 0 Å². The fourth-order valence-corrected chi connectivity index (χ4v) is 4.76. The molecule has 0 aliphatic carbocycles. The van der Waals surface area contributed by atoms with Gasteiger partial charge in [-0.3, -0.25) is 4.99 Å². The summed E-state index contributed by atoms with van der Waals surface area (Å²) in [6.45, 7) is 11.1. The van der Waals surface area contributed by atoms with Crippen molar-refractivity contribution in [3.63, 3.8) is 0 Å². The predicted octanol–water partition coefficient (Wildman–Crippen LogP) is 5.17. The van der Waals surface area contributed by atoms with Crippen LogP contribution in [0.3, 0.4) is 0 Å². The number of carbonyl (C=O) groups is 1. The van der Waals surface area contributed by atoms with Gasteiger partial charge in [0.2, 0.25) is 0 Å². The van der Waals surface area contributed by atoms with E-state index in [9.17, 15) is 4.79 Å². The monoisotopic (exact) mass is 463 g/mol. The van der Waals surface area contributed by atoms with E-state index in [0.717, 1.165) is 52.3 Å². The van der Waals surface area contributed by atoms with Gasteiger partial charge in [0.05, 0.1) is 32.1 Å². The van der Waals surface area contributed by atoms with Crippen molar-refractivity contribution in [2.75, 3.05) is 20.8 Å². The highest BCUT2D eigenvalue weighted by Crippen LogP contribution is 2.48. The molecule has 0 atom stereocenters. The smallest absolute Gasteiger partial charge is 0.330 e. The van der Waals surface area contributed by atoms with E-state index in [0.29, 0.717) is 12.4 Å². The molecule has 4 rings (SSSR count). The Morgan fingerprint density at radius 1 is 1.12 bits per heavy atom. The molecule has 0 radical (unpaired) electrons. The molecule has 0 saturated heterocycles. The van der Waals surface area contributed by atoms with Crippen molar-refractivity contribution in [3.05, 3.63) is 58.2 Å². The molecule has 0 amide bonds. The normalized spacial score (nSPS) is 17.4.